The van der Waals surface area contributed by atoms with E-state index in [4.69, 9.17) is 4.74 Å². The Kier molecular flexibility index (Phi) is 4.61. The van der Waals surface area contributed by atoms with Crippen molar-refractivity contribution in [2.75, 3.05) is 19.8 Å². The fourth-order valence-corrected chi connectivity index (χ4v) is 2.58. The van der Waals surface area contributed by atoms with Crippen molar-refractivity contribution >= 4 is 0 Å². The largest absolute Gasteiger partial charge is 0.385 e. The summed E-state index contributed by atoms with van der Waals surface area (Å²) in [5.41, 5.74) is 1.47. The van der Waals surface area contributed by atoms with Crippen LogP contribution in [-0.2, 0) is 10.3 Å². The molecule has 1 aliphatic heterocycles. The monoisotopic (exact) mass is 263 g/mol. The summed E-state index contributed by atoms with van der Waals surface area (Å²) >= 11 is 0. The first-order chi connectivity index (χ1) is 8.99. The van der Waals surface area contributed by atoms with E-state index in [9.17, 15) is 5.11 Å². The summed E-state index contributed by atoms with van der Waals surface area (Å²) in [5, 5.41) is 14.1. The van der Waals surface area contributed by atoms with E-state index in [1.165, 1.54) is 5.56 Å². The van der Waals surface area contributed by atoms with Gasteiger partial charge in [0.15, 0.2) is 0 Å². The third-order valence-electron chi connectivity index (χ3n) is 3.84. The average Bonchev–Trinajstić information content (AvgIpc) is 2.39. The SMILES string of the molecule is CC(C)c1ccc(C(C)(O)CC2COCCN2)cc1. The highest BCUT2D eigenvalue weighted by Gasteiger charge is 2.28. The molecule has 1 fully saturated rings. The molecule has 0 amide bonds. The van der Waals surface area contributed by atoms with E-state index in [1.54, 1.807) is 0 Å². The Hall–Kier alpha value is -0.900. The first-order valence-corrected chi connectivity index (χ1v) is 7.13. The second kappa shape index (κ2) is 6.04. The molecule has 1 aliphatic rings. The van der Waals surface area contributed by atoms with Gasteiger partial charge in [-0.2, -0.15) is 0 Å². The molecule has 2 atom stereocenters. The number of aliphatic hydroxyl groups is 1. The maximum atomic E-state index is 10.7. The number of nitrogens with one attached hydrogen (secondary N) is 1. The molecule has 1 aromatic carbocycles. The third-order valence-corrected chi connectivity index (χ3v) is 3.84. The van der Waals surface area contributed by atoms with Crippen LogP contribution in [0, 0.1) is 0 Å². The first-order valence-electron chi connectivity index (χ1n) is 7.13. The van der Waals surface area contributed by atoms with Gasteiger partial charge in [-0.3, -0.25) is 0 Å². The zero-order chi connectivity index (χ0) is 13.9. The van der Waals surface area contributed by atoms with Crippen molar-refractivity contribution in [2.45, 2.75) is 44.8 Å². The van der Waals surface area contributed by atoms with Crippen LogP contribution >= 0.6 is 0 Å². The highest BCUT2D eigenvalue weighted by molar-refractivity contribution is 5.28. The predicted octanol–water partition coefficient (Wildman–Crippen LogP) is 2.40. The molecule has 2 unspecified atom stereocenters. The lowest BCUT2D eigenvalue weighted by atomic mass is 9.87. The number of morpholine rings is 1. The summed E-state index contributed by atoms with van der Waals surface area (Å²) in [4.78, 5) is 0. The summed E-state index contributed by atoms with van der Waals surface area (Å²) in [6.07, 6.45) is 0.675. The molecule has 0 radical (unpaired) electrons. The summed E-state index contributed by atoms with van der Waals surface area (Å²) < 4.78 is 5.44. The van der Waals surface area contributed by atoms with Gasteiger partial charge in [0.05, 0.1) is 18.8 Å². The van der Waals surface area contributed by atoms with Crippen LogP contribution in [0.1, 0.15) is 44.2 Å². The van der Waals surface area contributed by atoms with E-state index in [0.717, 1.165) is 18.7 Å². The van der Waals surface area contributed by atoms with Gasteiger partial charge < -0.3 is 15.2 Å². The summed E-state index contributed by atoms with van der Waals surface area (Å²) in [6, 6.07) is 8.53. The lowest BCUT2D eigenvalue weighted by Gasteiger charge is -2.32. The van der Waals surface area contributed by atoms with E-state index in [1.807, 2.05) is 19.1 Å². The minimum Gasteiger partial charge on any atom is -0.385 e. The number of hydrogen-bond acceptors (Lipinski definition) is 3. The van der Waals surface area contributed by atoms with E-state index < -0.39 is 5.60 Å². The van der Waals surface area contributed by atoms with Gasteiger partial charge in [-0.1, -0.05) is 38.1 Å². The molecular formula is C16H25NO2. The van der Waals surface area contributed by atoms with Crippen molar-refractivity contribution in [1.29, 1.82) is 0 Å². The zero-order valence-electron chi connectivity index (χ0n) is 12.1. The maximum absolute atomic E-state index is 10.7. The summed E-state index contributed by atoms with van der Waals surface area (Å²) in [5.74, 6) is 0.521. The van der Waals surface area contributed by atoms with Crippen molar-refractivity contribution < 1.29 is 9.84 Å². The molecule has 19 heavy (non-hydrogen) atoms. The van der Waals surface area contributed by atoms with Crippen molar-refractivity contribution in [3.8, 4) is 0 Å². The van der Waals surface area contributed by atoms with Crippen LogP contribution in [0.25, 0.3) is 0 Å². The molecule has 1 aromatic rings. The molecule has 0 spiro atoms. The Morgan fingerprint density at radius 3 is 2.58 bits per heavy atom. The Morgan fingerprint density at radius 2 is 2.05 bits per heavy atom. The third kappa shape index (κ3) is 3.78. The molecule has 3 nitrogen and oxygen atoms in total. The van der Waals surface area contributed by atoms with Crippen LogP contribution in [0.2, 0.25) is 0 Å². The molecule has 2 N–H and O–H groups in total. The Balaban J connectivity index is 2.05. The standard InChI is InChI=1S/C16H25NO2/c1-12(2)13-4-6-14(7-5-13)16(3,18)10-15-11-19-9-8-17-15/h4-7,12,15,17-18H,8-11H2,1-3H3. The van der Waals surface area contributed by atoms with Crippen molar-refractivity contribution in [3.63, 3.8) is 0 Å². The minimum absolute atomic E-state index is 0.230. The van der Waals surface area contributed by atoms with E-state index >= 15 is 0 Å². The summed E-state index contributed by atoms with van der Waals surface area (Å²) in [6.45, 7) is 8.55. The minimum atomic E-state index is -0.812. The Labute approximate surface area is 116 Å². The van der Waals surface area contributed by atoms with Gasteiger partial charge in [0.2, 0.25) is 0 Å². The van der Waals surface area contributed by atoms with Gasteiger partial charge in [-0.25, -0.2) is 0 Å². The lowest BCUT2D eigenvalue weighted by molar-refractivity contribution is 0.00321. The smallest absolute Gasteiger partial charge is 0.0884 e. The Bertz CT molecular complexity index is 392. The first kappa shape index (κ1) is 14.5. The number of rotatable bonds is 4. The average molecular weight is 263 g/mol. The Morgan fingerprint density at radius 1 is 1.37 bits per heavy atom. The number of hydrogen-bond donors (Lipinski definition) is 2. The van der Waals surface area contributed by atoms with Crippen LogP contribution in [0.5, 0.6) is 0 Å². The normalized spacial score (nSPS) is 23.3. The van der Waals surface area contributed by atoms with Gasteiger partial charge in [-0.15, -0.1) is 0 Å². The molecule has 2 rings (SSSR count). The van der Waals surface area contributed by atoms with Crippen molar-refractivity contribution in [3.05, 3.63) is 35.4 Å². The fraction of sp³-hybridized carbons (Fsp3) is 0.625. The van der Waals surface area contributed by atoms with Gasteiger partial charge in [0.25, 0.3) is 0 Å². The second-order valence-corrected chi connectivity index (χ2v) is 5.98. The quantitative estimate of drug-likeness (QED) is 0.876. The predicted molar refractivity (Wildman–Crippen MR) is 77.3 cm³/mol. The van der Waals surface area contributed by atoms with Crippen molar-refractivity contribution in [2.24, 2.45) is 0 Å². The molecule has 3 heteroatoms. The van der Waals surface area contributed by atoms with Crippen LogP contribution in [-0.4, -0.2) is 30.9 Å². The summed E-state index contributed by atoms with van der Waals surface area (Å²) in [7, 11) is 0. The molecule has 0 bridgehead atoms. The molecule has 1 saturated heterocycles. The van der Waals surface area contributed by atoms with Gasteiger partial charge in [-0.05, 0) is 30.4 Å². The molecule has 0 saturated carbocycles. The molecule has 0 aliphatic carbocycles. The topological polar surface area (TPSA) is 41.5 Å². The highest BCUT2D eigenvalue weighted by atomic mass is 16.5. The molecule has 106 valence electrons. The van der Waals surface area contributed by atoms with E-state index in [0.29, 0.717) is 18.9 Å². The van der Waals surface area contributed by atoms with Gasteiger partial charge in [0, 0.05) is 12.6 Å². The van der Waals surface area contributed by atoms with Crippen LogP contribution in [0.3, 0.4) is 0 Å². The van der Waals surface area contributed by atoms with E-state index in [2.05, 4.69) is 31.3 Å². The number of ether oxygens (including phenoxy) is 1. The van der Waals surface area contributed by atoms with Gasteiger partial charge >= 0.3 is 0 Å². The van der Waals surface area contributed by atoms with Crippen LogP contribution in [0.4, 0.5) is 0 Å². The molecule has 0 aromatic heterocycles. The van der Waals surface area contributed by atoms with Crippen LogP contribution in [0.15, 0.2) is 24.3 Å². The molecular weight excluding hydrogens is 238 g/mol. The highest BCUT2D eigenvalue weighted by Crippen LogP contribution is 2.28. The van der Waals surface area contributed by atoms with Crippen molar-refractivity contribution in [1.82, 2.24) is 5.32 Å². The molecule has 1 heterocycles. The van der Waals surface area contributed by atoms with Crippen LogP contribution < -0.4 is 5.32 Å². The maximum Gasteiger partial charge on any atom is 0.0884 e. The van der Waals surface area contributed by atoms with Gasteiger partial charge in [0.1, 0.15) is 0 Å². The lowest BCUT2D eigenvalue weighted by Crippen LogP contribution is -2.45. The number of benzene rings is 1. The fourth-order valence-electron chi connectivity index (χ4n) is 2.58. The van der Waals surface area contributed by atoms with E-state index in [-0.39, 0.29) is 6.04 Å². The zero-order valence-corrected chi connectivity index (χ0v) is 12.1. The second-order valence-electron chi connectivity index (χ2n) is 5.98.